The summed E-state index contributed by atoms with van der Waals surface area (Å²) in [5.74, 6) is 0.449. The standard InChI is InChI=1S/C18H28N2O3S/c1-18(2,3)23-17(22)20-12-5-4-6-14-7-9-15(10-8-14)24-13-11-16(19)21/h7-10H,4-6,11-13H2,1-3H3,(H2,19,21)(H,20,22). The molecule has 0 aliphatic rings. The van der Waals surface area contributed by atoms with Gasteiger partial charge in [0.05, 0.1) is 0 Å². The molecule has 2 amide bonds. The fourth-order valence-electron chi connectivity index (χ4n) is 1.98. The van der Waals surface area contributed by atoms with E-state index in [4.69, 9.17) is 10.5 Å². The molecular weight excluding hydrogens is 324 g/mol. The molecular formula is C18H28N2O3S. The van der Waals surface area contributed by atoms with E-state index < -0.39 is 5.60 Å². The van der Waals surface area contributed by atoms with Crippen LogP contribution in [0.25, 0.3) is 0 Å². The lowest BCUT2D eigenvalue weighted by molar-refractivity contribution is -0.117. The van der Waals surface area contributed by atoms with E-state index in [9.17, 15) is 9.59 Å². The van der Waals surface area contributed by atoms with Crippen molar-refractivity contribution < 1.29 is 14.3 Å². The summed E-state index contributed by atoms with van der Waals surface area (Å²) in [5.41, 5.74) is 5.94. The molecule has 0 radical (unpaired) electrons. The second-order valence-electron chi connectivity index (χ2n) is 6.59. The molecule has 1 rings (SSSR count). The minimum atomic E-state index is -0.457. The molecule has 5 nitrogen and oxygen atoms in total. The van der Waals surface area contributed by atoms with Crippen molar-refractivity contribution in [3.05, 3.63) is 29.8 Å². The second-order valence-corrected chi connectivity index (χ2v) is 7.76. The van der Waals surface area contributed by atoms with Crippen LogP contribution in [0.5, 0.6) is 0 Å². The maximum absolute atomic E-state index is 11.5. The Labute approximate surface area is 148 Å². The third-order valence-corrected chi connectivity index (χ3v) is 4.11. The van der Waals surface area contributed by atoms with Crippen molar-refractivity contribution >= 4 is 23.8 Å². The molecule has 0 saturated carbocycles. The number of unbranched alkanes of at least 4 members (excludes halogenated alkanes) is 1. The highest BCUT2D eigenvalue weighted by molar-refractivity contribution is 7.99. The number of thioether (sulfide) groups is 1. The lowest BCUT2D eigenvalue weighted by Gasteiger charge is -2.19. The topological polar surface area (TPSA) is 81.4 Å². The maximum Gasteiger partial charge on any atom is 0.407 e. The van der Waals surface area contributed by atoms with Crippen molar-refractivity contribution in [2.75, 3.05) is 12.3 Å². The van der Waals surface area contributed by atoms with Gasteiger partial charge >= 0.3 is 6.09 Å². The average molecular weight is 353 g/mol. The van der Waals surface area contributed by atoms with Crippen molar-refractivity contribution in [2.45, 2.75) is 57.0 Å². The zero-order chi connectivity index (χ0) is 18.0. The molecule has 0 atom stereocenters. The number of hydrogen-bond acceptors (Lipinski definition) is 4. The largest absolute Gasteiger partial charge is 0.444 e. The summed E-state index contributed by atoms with van der Waals surface area (Å²) in [7, 11) is 0. The van der Waals surface area contributed by atoms with Crippen LogP contribution in [0.15, 0.2) is 29.2 Å². The Morgan fingerprint density at radius 2 is 1.83 bits per heavy atom. The number of amides is 2. The van der Waals surface area contributed by atoms with Crippen molar-refractivity contribution in [1.82, 2.24) is 5.32 Å². The summed E-state index contributed by atoms with van der Waals surface area (Å²) in [4.78, 5) is 23.3. The van der Waals surface area contributed by atoms with E-state index in [1.54, 1.807) is 11.8 Å². The van der Waals surface area contributed by atoms with E-state index in [1.807, 2.05) is 20.8 Å². The molecule has 24 heavy (non-hydrogen) atoms. The van der Waals surface area contributed by atoms with Gasteiger partial charge in [0.15, 0.2) is 0 Å². The van der Waals surface area contributed by atoms with Gasteiger partial charge in [-0.25, -0.2) is 4.79 Å². The van der Waals surface area contributed by atoms with E-state index in [1.165, 1.54) is 5.56 Å². The maximum atomic E-state index is 11.5. The molecule has 134 valence electrons. The Morgan fingerprint density at radius 1 is 1.17 bits per heavy atom. The van der Waals surface area contributed by atoms with Crippen molar-refractivity contribution in [1.29, 1.82) is 0 Å². The number of carbonyl (C=O) groups excluding carboxylic acids is 2. The molecule has 0 aromatic heterocycles. The minimum absolute atomic E-state index is 0.265. The number of carbonyl (C=O) groups is 2. The van der Waals surface area contributed by atoms with Gasteiger partial charge in [-0.1, -0.05) is 12.1 Å². The SMILES string of the molecule is CC(C)(C)OC(=O)NCCCCc1ccc(SCCC(N)=O)cc1. The lowest BCUT2D eigenvalue weighted by Crippen LogP contribution is -2.33. The van der Waals surface area contributed by atoms with Gasteiger partial charge in [0.1, 0.15) is 5.60 Å². The molecule has 0 unspecified atom stereocenters. The van der Waals surface area contributed by atoms with Crippen molar-refractivity contribution in [3.8, 4) is 0 Å². The molecule has 0 saturated heterocycles. The van der Waals surface area contributed by atoms with E-state index in [-0.39, 0.29) is 12.0 Å². The molecule has 1 aromatic carbocycles. The number of alkyl carbamates (subject to hydrolysis) is 1. The first-order valence-electron chi connectivity index (χ1n) is 8.23. The molecule has 3 N–H and O–H groups in total. The Hall–Kier alpha value is -1.69. The molecule has 0 aliphatic heterocycles. The monoisotopic (exact) mass is 352 g/mol. The van der Waals surface area contributed by atoms with Crippen LogP contribution in [-0.4, -0.2) is 29.9 Å². The summed E-state index contributed by atoms with van der Waals surface area (Å²) >= 11 is 1.63. The first-order chi connectivity index (χ1) is 11.3. The molecule has 0 aliphatic carbocycles. The number of nitrogens with one attached hydrogen (secondary N) is 1. The molecule has 0 fully saturated rings. The lowest BCUT2D eigenvalue weighted by atomic mass is 10.1. The fourth-order valence-corrected chi connectivity index (χ4v) is 2.85. The third kappa shape index (κ3) is 10.2. The fraction of sp³-hybridized carbons (Fsp3) is 0.556. The van der Waals surface area contributed by atoms with Crippen LogP contribution in [0.1, 0.15) is 45.6 Å². The number of hydrogen-bond donors (Lipinski definition) is 2. The summed E-state index contributed by atoms with van der Waals surface area (Å²) in [5, 5.41) is 2.76. The minimum Gasteiger partial charge on any atom is -0.444 e. The van der Waals surface area contributed by atoms with Gasteiger partial charge in [0.2, 0.25) is 5.91 Å². The number of ether oxygens (including phenoxy) is 1. The molecule has 0 heterocycles. The van der Waals surface area contributed by atoms with Crippen molar-refractivity contribution in [3.63, 3.8) is 0 Å². The van der Waals surface area contributed by atoms with Crippen LogP contribution in [0.3, 0.4) is 0 Å². The summed E-state index contributed by atoms with van der Waals surface area (Å²) in [6, 6.07) is 8.35. The number of nitrogens with two attached hydrogens (primary N) is 1. The Bertz CT molecular complexity index is 524. The first-order valence-corrected chi connectivity index (χ1v) is 9.22. The van der Waals surface area contributed by atoms with E-state index in [2.05, 4.69) is 29.6 Å². The van der Waals surface area contributed by atoms with Crippen LogP contribution < -0.4 is 11.1 Å². The number of benzene rings is 1. The highest BCUT2D eigenvalue weighted by atomic mass is 32.2. The zero-order valence-electron chi connectivity index (χ0n) is 14.8. The predicted octanol–water partition coefficient (Wildman–Crippen LogP) is 3.50. The number of rotatable bonds is 9. The van der Waals surface area contributed by atoms with Gasteiger partial charge in [-0.3, -0.25) is 4.79 Å². The smallest absolute Gasteiger partial charge is 0.407 e. The van der Waals surface area contributed by atoms with E-state index in [0.717, 1.165) is 24.2 Å². The van der Waals surface area contributed by atoms with Gasteiger partial charge in [-0.2, -0.15) is 0 Å². The Kier molecular flexibility index (Phi) is 8.68. The first kappa shape index (κ1) is 20.4. The highest BCUT2D eigenvalue weighted by Gasteiger charge is 2.15. The summed E-state index contributed by atoms with van der Waals surface area (Å²) < 4.78 is 5.18. The van der Waals surface area contributed by atoms with Gasteiger partial charge in [-0.15, -0.1) is 11.8 Å². The van der Waals surface area contributed by atoms with E-state index in [0.29, 0.717) is 18.7 Å². The van der Waals surface area contributed by atoms with Crippen LogP contribution in [-0.2, 0) is 16.0 Å². The highest BCUT2D eigenvalue weighted by Crippen LogP contribution is 2.19. The average Bonchev–Trinajstić information content (AvgIpc) is 2.46. The number of primary amides is 1. The second kappa shape index (κ2) is 10.2. The normalized spacial score (nSPS) is 11.1. The van der Waals surface area contributed by atoms with Gasteiger partial charge < -0.3 is 15.8 Å². The Balaban J connectivity index is 2.17. The van der Waals surface area contributed by atoms with Gasteiger partial charge in [-0.05, 0) is 57.7 Å². The zero-order valence-corrected chi connectivity index (χ0v) is 15.6. The summed E-state index contributed by atoms with van der Waals surface area (Å²) in [6.07, 6.45) is 2.93. The molecule has 0 bridgehead atoms. The van der Waals surface area contributed by atoms with Gasteiger partial charge in [0, 0.05) is 23.6 Å². The van der Waals surface area contributed by atoms with Crippen LogP contribution in [0, 0.1) is 0 Å². The predicted molar refractivity (Wildman–Crippen MR) is 98.2 cm³/mol. The van der Waals surface area contributed by atoms with Crippen LogP contribution >= 0.6 is 11.8 Å². The van der Waals surface area contributed by atoms with Crippen molar-refractivity contribution in [2.24, 2.45) is 5.73 Å². The third-order valence-electron chi connectivity index (χ3n) is 3.10. The molecule has 1 aromatic rings. The number of aryl methyl sites for hydroxylation is 1. The molecule has 0 spiro atoms. The van der Waals surface area contributed by atoms with E-state index >= 15 is 0 Å². The molecule has 6 heteroatoms. The van der Waals surface area contributed by atoms with Gasteiger partial charge in [0.25, 0.3) is 0 Å². The Morgan fingerprint density at radius 3 is 2.42 bits per heavy atom. The van der Waals surface area contributed by atoms with Crippen LogP contribution in [0.4, 0.5) is 4.79 Å². The van der Waals surface area contributed by atoms with Crippen LogP contribution in [0.2, 0.25) is 0 Å². The summed E-state index contributed by atoms with van der Waals surface area (Å²) in [6.45, 7) is 6.17. The quantitative estimate of drug-likeness (QED) is 0.526.